The molecule has 1 heteroatoms. The Balaban J connectivity index is 3.69. The van der Waals surface area contributed by atoms with E-state index in [0.29, 0.717) is 12.0 Å². The van der Waals surface area contributed by atoms with Gasteiger partial charge in [-0.3, -0.25) is 0 Å². The Labute approximate surface area is 65.0 Å². The Morgan fingerprint density at radius 3 is 1.90 bits per heavy atom. The third-order valence-electron chi connectivity index (χ3n) is 2.69. The van der Waals surface area contributed by atoms with Gasteiger partial charge in [0.1, 0.15) is 0 Å². The molecule has 0 aliphatic rings. The molecule has 0 bridgehead atoms. The SMILES string of the molecule is CCC(C)C(C)[C@H](N)CC. The Kier molecular flexibility index (Phi) is 4.71. The van der Waals surface area contributed by atoms with E-state index in [1.807, 2.05) is 0 Å². The lowest BCUT2D eigenvalue weighted by molar-refractivity contribution is 0.311. The van der Waals surface area contributed by atoms with E-state index < -0.39 is 0 Å². The van der Waals surface area contributed by atoms with Crippen LogP contribution in [-0.2, 0) is 0 Å². The van der Waals surface area contributed by atoms with Gasteiger partial charge in [0.15, 0.2) is 0 Å². The van der Waals surface area contributed by atoms with Gasteiger partial charge >= 0.3 is 0 Å². The molecule has 0 radical (unpaired) electrons. The fourth-order valence-corrected chi connectivity index (χ4v) is 1.17. The maximum Gasteiger partial charge on any atom is 0.00644 e. The third-order valence-corrected chi connectivity index (χ3v) is 2.69. The molecule has 0 spiro atoms. The van der Waals surface area contributed by atoms with Crippen molar-refractivity contribution >= 4 is 0 Å². The molecule has 3 atom stereocenters. The van der Waals surface area contributed by atoms with Crippen LogP contribution in [-0.4, -0.2) is 6.04 Å². The summed E-state index contributed by atoms with van der Waals surface area (Å²) < 4.78 is 0. The molecule has 1 nitrogen and oxygen atoms in total. The predicted octanol–water partition coefficient (Wildman–Crippen LogP) is 2.41. The van der Waals surface area contributed by atoms with Crippen molar-refractivity contribution in [1.82, 2.24) is 0 Å². The summed E-state index contributed by atoms with van der Waals surface area (Å²) in [7, 11) is 0. The van der Waals surface area contributed by atoms with Gasteiger partial charge in [0.2, 0.25) is 0 Å². The molecule has 62 valence electrons. The Bertz CT molecular complexity index is 70.8. The molecule has 2 unspecified atom stereocenters. The molecule has 0 aliphatic carbocycles. The fourth-order valence-electron chi connectivity index (χ4n) is 1.17. The highest BCUT2D eigenvalue weighted by Crippen LogP contribution is 2.18. The lowest BCUT2D eigenvalue weighted by Gasteiger charge is -2.23. The van der Waals surface area contributed by atoms with Crippen LogP contribution in [0, 0.1) is 11.8 Å². The zero-order valence-corrected chi connectivity index (χ0v) is 7.72. The van der Waals surface area contributed by atoms with Crippen LogP contribution in [0.3, 0.4) is 0 Å². The van der Waals surface area contributed by atoms with Crippen molar-refractivity contribution in [3.8, 4) is 0 Å². The van der Waals surface area contributed by atoms with Gasteiger partial charge in [0.25, 0.3) is 0 Å². The van der Waals surface area contributed by atoms with Gasteiger partial charge in [0.05, 0.1) is 0 Å². The summed E-state index contributed by atoms with van der Waals surface area (Å²) in [6, 6.07) is 0.398. The van der Waals surface area contributed by atoms with Crippen LogP contribution in [0.4, 0.5) is 0 Å². The second-order valence-corrected chi connectivity index (χ2v) is 3.32. The van der Waals surface area contributed by atoms with Crippen LogP contribution in [0.5, 0.6) is 0 Å². The topological polar surface area (TPSA) is 26.0 Å². The normalized spacial score (nSPS) is 20.1. The summed E-state index contributed by atoms with van der Waals surface area (Å²) in [5.41, 5.74) is 5.89. The number of hydrogen-bond acceptors (Lipinski definition) is 1. The molecule has 10 heavy (non-hydrogen) atoms. The summed E-state index contributed by atoms with van der Waals surface area (Å²) in [6.45, 7) is 8.91. The van der Waals surface area contributed by atoms with Crippen LogP contribution in [0.15, 0.2) is 0 Å². The highest BCUT2D eigenvalue weighted by atomic mass is 14.6. The van der Waals surface area contributed by atoms with E-state index >= 15 is 0 Å². The number of nitrogens with two attached hydrogens (primary N) is 1. The smallest absolute Gasteiger partial charge is 0.00644 e. The van der Waals surface area contributed by atoms with Crippen molar-refractivity contribution in [1.29, 1.82) is 0 Å². The van der Waals surface area contributed by atoms with Gasteiger partial charge in [-0.05, 0) is 18.3 Å². The van der Waals surface area contributed by atoms with Crippen LogP contribution < -0.4 is 5.73 Å². The van der Waals surface area contributed by atoms with Gasteiger partial charge in [-0.15, -0.1) is 0 Å². The first-order valence-corrected chi connectivity index (χ1v) is 4.39. The summed E-state index contributed by atoms with van der Waals surface area (Å²) in [5.74, 6) is 1.45. The van der Waals surface area contributed by atoms with E-state index in [0.717, 1.165) is 12.3 Å². The Morgan fingerprint density at radius 1 is 1.10 bits per heavy atom. The van der Waals surface area contributed by atoms with Crippen molar-refractivity contribution in [3.05, 3.63) is 0 Å². The molecule has 0 aromatic heterocycles. The van der Waals surface area contributed by atoms with Crippen LogP contribution in [0.25, 0.3) is 0 Å². The molecule has 0 aliphatic heterocycles. The van der Waals surface area contributed by atoms with Crippen molar-refractivity contribution in [2.45, 2.75) is 46.6 Å². The molecule has 0 saturated heterocycles. The average Bonchev–Trinajstić information content (AvgIpc) is 2.00. The van der Waals surface area contributed by atoms with Crippen LogP contribution in [0.1, 0.15) is 40.5 Å². The summed E-state index contributed by atoms with van der Waals surface area (Å²) in [4.78, 5) is 0. The molecular formula is C9H21N. The van der Waals surface area contributed by atoms with E-state index in [1.165, 1.54) is 6.42 Å². The van der Waals surface area contributed by atoms with Crippen molar-refractivity contribution in [2.75, 3.05) is 0 Å². The van der Waals surface area contributed by atoms with Gasteiger partial charge in [-0.25, -0.2) is 0 Å². The zero-order chi connectivity index (χ0) is 8.15. The van der Waals surface area contributed by atoms with E-state index in [1.54, 1.807) is 0 Å². The second-order valence-electron chi connectivity index (χ2n) is 3.32. The molecule has 0 amide bonds. The van der Waals surface area contributed by atoms with Gasteiger partial charge < -0.3 is 5.73 Å². The van der Waals surface area contributed by atoms with E-state index in [4.69, 9.17) is 5.73 Å². The minimum Gasteiger partial charge on any atom is -0.327 e. The molecule has 2 N–H and O–H groups in total. The minimum atomic E-state index is 0.398. The molecule has 0 aromatic carbocycles. The Morgan fingerprint density at radius 2 is 1.60 bits per heavy atom. The largest absolute Gasteiger partial charge is 0.327 e. The highest BCUT2D eigenvalue weighted by molar-refractivity contribution is 4.71. The number of hydrogen-bond donors (Lipinski definition) is 1. The first-order valence-electron chi connectivity index (χ1n) is 4.39. The van der Waals surface area contributed by atoms with Crippen molar-refractivity contribution in [3.63, 3.8) is 0 Å². The van der Waals surface area contributed by atoms with Crippen LogP contribution >= 0.6 is 0 Å². The summed E-state index contributed by atoms with van der Waals surface area (Å²) >= 11 is 0. The van der Waals surface area contributed by atoms with Crippen LogP contribution in [0.2, 0.25) is 0 Å². The van der Waals surface area contributed by atoms with E-state index in [2.05, 4.69) is 27.7 Å². The molecule has 0 heterocycles. The maximum absolute atomic E-state index is 5.89. The molecule has 0 aromatic rings. The second kappa shape index (κ2) is 4.73. The predicted molar refractivity (Wildman–Crippen MR) is 46.9 cm³/mol. The first kappa shape index (κ1) is 9.96. The Hall–Kier alpha value is -0.0400. The van der Waals surface area contributed by atoms with Gasteiger partial charge in [-0.2, -0.15) is 0 Å². The average molecular weight is 143 g/mol. The standard InChI is InChI=1S/C9H21N/c1-5-7(3)8(4)9(10)6-2/h7-9H,5-6,10H2,1-4H3/t7?,8?,9-/m1/s1. The summed E-state index contributed by atoms with van der Waals surface area (Å²) in [6.07, 6.45) is 2.35. The molecule has 0 fully saturated rings. The highest BCUT2D eigenvalue weighted by Gasteiger charge is 2.15. The van der Waals surface area contributed by atoms with Crippen molar-refractivity contribution in [2.24, 2.45) is 17.6 Å². The fraction of sp³-hybridized carbons (Fsp3) is 1.00. The first-order chi connectivity index (χ1) is 4.63. The lowest BCUT2D eigenvalue weighted by atomic mass is 9.86. The quantitative estimate of drug-likeness (QED) is 0.642. The minimum absolute atomic E-state index is 0.398. The van der Waals surface area contributed by atoms with Gasteiger partial charge in [0, 0.05) is 6.04 Å². The number of rotatable bonds is 4. The lowest BCUT2D eigenvalue weighted by Crippen LogP contribution is -2.31. The van der Waals surface area contributed by atoms with E-state index in [9.17, 15) is 0 Å². The van der Waals surface area contributed by atoms with Gasteiger partial charge in [-0.1, -0.05) is 34.1 Å². The molecule has 0 saturated carbocycles. The molecule has 0 rings (SSSR count). The van der Waals surface area contributed by atoms with E-state index in [-0.39, 0.29) is 0 Å². The summed E-state index contributed by atoms with van der Waals surface area (Å²) in [5, 5.41) is 0. The molecular weight excluding hydrogens is 122 g/mol. The van der Waals surface area contributed by atoms with Crippen molar-refractivity contribution < 1.29 is 0 Å². The maximum atomic E-state index is 5.89. The third kappa shape index (κ3) is 2.70. The monoisotopic (exact) mass is 143 g/mol. The zero-order valence-electron chi connectivity index (χ0n) is 7.72.